The number of aromatic nitrogens is 2. The first-order valence-corrected chi connectivity index (χ1v) is 16.5. The summed E-state index contributed by atoms with van der Waals surface area (Å²) in [6.45, 7) is 0. The molecule has 290 valence electrons. The normalized spacial score (nSPS) is 16.1. The fraction of sp³-hybridized carbons (Fsp3) is 0.200. The zero-order valence-electron chi connectivity index (χ0n) is 28.6. The van der Waals surface area contributed by atoms with Crippen molar-refractivity contribution in [3.63, 3.8) is 0 Å². The van der Waals surface area contributed by atoms with Crippen LogP contribution in [0.15, 0.2) is 71.8 Å². The fourth-order valence-corrected chi connectivity index (χ4v) is 7.34. The number of hydrogen-bond acceptors (Lipinski definition) is 6. The maximum absolute atomic E-state index is 13.7. The molecule has 6 nitrogen and oxygen atoms in total. The van der Waals surface area contributed by atoms with Crippen LogP contribution in [-0.2, 0) is 24.7 Å². The molecule has 18 heteroatoms. The molecule has 1 atom stereocenters. The van der Waals surface area contributed by atoms with Gasteiger partial charge in [-0.25, -0.2) is 9.97 Å². The van der Waals surface area contributed by atoms with E-state index in [2.05, 4.69) is 0 Å². The Hall–Kier alpha value is -6.92. The highest BCUT2D eigenvalue weighted by Crippen LogP contribution is 2.54. The quantitative estimate of drug-likeness (QED) is 0.132. The molecule has 3 aliphatic rings. The molecule has 1 aromatic heterocycles. The molecule has 3 aliphatic carbocycles. The van der Waals surface area contributed by atoms with Gasteiger partial charge in [0.1, 0.15) is 23.6 Å². The molecular formula is C40H16F12N6. The van der Waals surface area contributed by atoms with E-state index in [1.165, 1.54) is 24.3 Å². The summed E-state index contributed by atoms with van der Waals surface area (Å²) < 4.78 is 165. The number of alkyl halides is 12. The number of hydrogen-bond donors (Lipinski definition) is 0. The van der Waals surface area contributed by atoms with E-state index in [4.69, 9.17) is 9.97 Å². The number of halogens is 12. The van der Waals surface area contributed by atoms with Crippen molar-refractivity contribution in [3.8, 4) is 46.7 Å². The van der Waals surface area contributed by atoms with E-state index in [1.807, 2.05) is 12.1 Å². The van der Waals surface area contributed by atoms with Gasteiger partial charge in [-0.2, -0.15) is 73.7 Å². The first kappa shape index (κ1) is 39.3. The van der Waals surface area contributed by atoms with Crippen LogP contribution in [0.3, 0.4) is 0 Å². The van der Waals surface area contributed by atoms with Crippen molar-refractivity contribution in [1.82, 2.24) is 9.97 Å². The van der Waals surface area contributed by atoms with Crippen molar-refractivity contribution in [2.75, 3.05) is 0 Å². The van der Waals surface area contributed by atoms with Crippen LogP contribution in [0.4, 0.5) is 52.7 Å². The summed E-state index contributed by atoms with van der Waals surface area (Å²) in [6.07, 6.45) is -19.6. The molecule has 0 amide bonds. The molecule has 0 saturated heterocycles. The Morgan fingerprint density at radius 2 is 1.09 bits per heavy atom. The predicted molar refractivity (Wildman–Crippen MR) is 178 cm³/mol. The van der Waals surface area contributed by atoms with Crippen LogP contribution in [0.25, 0.3) is 39.1 Å². The van der Waals surface area contributed by atoms with E-state index < -0.39 is 75.5 Å². The molecule has 58 heavy (non-hydrogen) atoms. The van der Waals surface area contributed by atoms with Gasteiger partial charge in [0.25, 0.3) is 0 Å². The van der Waals surface area contributed by atoms with Crippen LogP contribution in [0.5, 0.6) is 0 Å². The van der Waals surface area contributed by atoms with Gasteiger partial charge in [0.15, 0.2) is 0 Å². The van der Waals surface area contributed by atoms with E-state index in [0.717, 1.165) is 0 Å². The summed E-state index contributed by atoms with van der Waals surface area (Å²) in [6, 6.07) is 12.7. The summed E-state index contributed by atoms with van der Waals surface area (Å²) in [5, 5.41) is 39.9. The minimum atomic E-state index is -5.17. The first-order chi connectivity index (χ1) is 27.1. The molecule has 0 spiro atoms. The maximum Gasteiger partial charge on any atom is 0.416 e. The molecule has 7 rings (SSSR count). The number of allylic oxidation sites excluding steroid dienone is 5. The minimum Gasteiger partial charge on any atom is -0.247 e. The molecule has 0 bridgehead atoms. The van der Waals surface area contributed by atoms with Crippen LogP contribution in [0.1, 0.15) is 69.2 Å². The molecule has 0 saturated carbocycles. The molecule has 4 aromatic rings. The van der Waals surface area contributed by atoms with E-state index in [-0.39, 0.29) is 81.2 Å². The standard InChI is InChI=1S/C40H16F12N6/c41-37(42,43)23-5-19(6-24(11-23)38(44,45)46)17-1-3-27-29(9-17)31(21(13-53)14-54)35-33(27)57-36-32(22(15-55)16-56)30-10-18(2-4-28(30)34(36)58-35)20-7-25(39(47,48)49)12-26(8-20)40(50,51)52/h1,3,5-12,22,32H,2,4H2. The molecule has 1 unspecified atom stereocenters. The summed E-state index contributed by atoms with van der Waals surface area (Å²) in [4.78, 5) is 9.40. The SMILES string of the molecule is N#CC(C#N)=C1c2cc(-c3cc(C(F)(F)F)cc(C(F)(F)F)c3)ccc2-c2nc3c(nc21)C1=C(C=C(c2cc(C(F)(F)F)cc(C(F)(F)F)c2)CC1)C3C(C#N)C#N. The third kappa shape index (κ3) is 6.60. The summed E-state index contributed by atoms with van der Waals surface area (Å²) >= 11 is 0. The number of fused-ring (bicyclic) bond motifs is 5. The van der Waals surface area contributed by atoms with Crippen molar-refractivity contribution in [1.29, 1.82) is 21.0 Å². The van der Waals surface area contributed by atoms with Gasteiger partial charge in [-0.3, -0.25) is 0 Å². The molecule has 0 radical (unpaired) electrons. The predicted octanol–water partition coefficient (Wildman–Crippen LogP) is 11.4. The number of nitrogens with zero attached hydrogens (tertiary/aromatic N) is 6. The number of nitriles is 4. The smallest absolute Gasteiger partial charge is 0.247 e. The fourth-order valence-electron chi connectivity index (χ4n) is 7.34. The molecule has 0 N–H and O–H groups in total. The highest BCUT2D eigenvalue weighted by atomic mass is 19.4. The summed E-state index contributed by atoms with van der Waals surface area (Å²) in [5.74, 6) is -2.79. The van der Waals surface area contributed by atoms with E-state index in [9.17, 15) is 73.7 Å². The molecule has 3 aromatic carbocycles. The van der Waals surface area contributed by atoms with Crippen molar-refractivity contribution in [2.24, 2.45) is 5.92 Å². The Morgan fingerprint density at radius 3 is 1.57 bits per heavy atom. The van der Waals surface area contributed by atoms with Crippen molar-refractivity contribution >= 4 is 16.7 Å². The van der Waals surface area contributed by atoms with E-state index in [1.54, 1.807) is 12.1 Å². The summed E-state index contributed by atoms with van der Waals surface area (Å²) in [7, 11) is 0. The Bertz CT molecular complexity index is 2640. The highest BCUT2D eigenvalue weighted by molar-refractivity contribution is 6.03. The van der Waals surface area contributed by atoms with E-state index >= 15 is 0 Å². The zero-order valence-corrected chi connectivity index (χ0v) is 28.6. The topological polar surface area (TPSA) is 121 Å². The van der Waals surface area contributed by atoms with Gasteiger partial charge in [-0.15, -0.1) is 0 Å². The van der Waals surface area contributed by atoms with Gasteiger partial charge in [-0.05, 0) is 94.3 Å². The Labute approximate surface area is 318 Å². The summed E-state index contributed by atoms with van der Waals surface area (Å²) in [5.41, 5.74) is -7.70. The van der Waals surface area contributed by atoms with Gasteiger partial charge in [0, 0.05) is 11.1 Å². The third-order valence-electron chi connectivity index (χ3n) is 9.91. The van der Waals surface area contributed by atoms with Gasteiger partial charge in [-0.1, -0.05) is 18.2 Å². The molecule has 0 fully saturated rings. The third-order valence-corrected chi connectivity index (χ3v) is 9.91. The maximum atomic E-state index is 13.7. The van der Waals surface area contributed by atoms with Gasteiger partial charge >= 0.3 is 24.7 Å². The molecule has 1 heterocycles. The minimum absolute atomic E-state index is 0.00573. The second-order valence-electron chi connectivity index (χ2n) is 13.3. The second-order valence-corrected chi connectivity index (χ2v) is 13.3. The van der Waals surface area contributed by atoms with Crippen LogP contribution in [0.2, 0.25) is 0 Å². The Kier molecular flexibility index (Phi) is 9.05. The molecular weight excluding hydrogens is 792 g/mol. The highest BCUT2D eigenvalue weighted by Gasteiger charge is 2.44. The van der Waals surface area contributed by atoms with Crippen LogP contribution in [0, 0.1) is 51.2 Å². The Morgan fingerprint density at radius 1 is 0.569 bits per heavy atom. The van der Waals surface area contributed by atoms with Crippen LogP contribution in [-0.4, -0.2) is 9.97 Å². The lowest BCUT2D eigenvalue weighted by Gasteiger charge is -2.21. The lowest BCUT2D eigenvalue weighted by atomic mass is 9.82. The second kappa shape index (κ2) is 13.3. The monoisotopic (exact) mass is 808 g/mol. The van der Waals surface area contributed by atoms with Crippen LogP contribution >= 0.6 is 0 Å². The van der Waals surface area contributed by atoms with Crippen molar-refractivity contribution < 1.29 is 52.7 Å². The van der Waals surface area contributed by atoms with Crippen molar-refractivity contribution in [3.05, 3.63) is 122 Å². The number of benzene rings is 3. The zero-order chi connectivity index (χ0) is 42.3. The van der Waals surface area contributed by atoms with Gasteiger partial charge < -0.3 is 0 Å². The first-order valence-electron chi connectivity index (χ1n) is 16.5. The van der Waals surface area contributed by atoms with Crippen LogP contribution < -0.4 is 0 Å². The van der Waals surface area contributed by atoms with Crippen molar-refractivity contribution in [2.45, 2.75) is 43.5 Å². The average molecular weight is 809 g/mol. The van der Waals surface area contributed by atoms with Gasteiger partial charge in [0.05, 0.1) is 63.1 Å². The average Bonchev–Trinajstić information content (AvgIpc) is 3.64. The van der Waals surface area contributed by atoms with Gasteiger partial charge in [0.2, 0.25) is 0 Å². The Balaban J connectivity index is 1.42. The number of rotatable bonds is 3. The lowest BCUT2D eigenvalue weighted by molar-refractivity contribution is -0.144. The van der Waals surface area contributed by atoms with E-state index in [0.29, 0.717) is 29.8 Å². The molecule has 0 aliphatic heterocycles. The lowest BCUT2D eigenvalue weighted by Crippen LogP contribution is -2.13. The largest absolute Gasteiger partial charge is 0.416 e.